The first-order chi connectivity index (χ1) is 9.82. The summed E-state index contributed by atoms with van der Waals surface area (Å²) in [6.07, 6.45) is 0.530. The van der Waals surface area contributed by atoms with Crippen molar-refractivity contribution in [3.8, 4) is 5.75 Å². The molecule has 116 valence electrons. The van der Waals surface area contributed by atoms with Gasteiger partial charge in [0.15, 0.2) is 9.84 Å². The number of ether oxygens (including phenoxy) is 1. The molecule has 1 aliphatic heterocycles. The maximum absolute atomic E-state index is 11.9. The number of sulfone groups is 1. The number of carbonyl (C=O) groups excluding carboxylic acids is 1. The number of nitrogens with one attached hydrogen (secondary N) is 2. The average Bonchev–Trinajstić information content (AvgIpc) is 2.71. The first-order valence-electron chi connectivity index (χ1n) is 6.71. The smallest absolute Gasteiger partial charge is 0.238 e. The van der Waals surface area contributed by atoms with Crippen molar-refractivity contribution in [3.63, 3.8) is 0 Å². The summed E-state index contributed by atoms with van der Waals surface area (Å²) < 4.78 is 28.1. The molecule has 0 spiro atoms. The van der Waals surface area contributed by atoms with E-state index in [9.17, 15) is 13.2 Å². The minimum Gasteiger partial charge on any atom is -0.497 e. The van der Waals surface area contributed by atoms with E-state index < -0.39 is 15.4 Å². The van der Waals surface area contributed by atoms with Crippen LogP contribution in [0.15, 0.2) is 24.3 Å². The van der Waals surface area contributed by atoms with Crippen LogP contribution >= 0.6 is 0 Å². The van der Waals surface area contributed by atoms with Gasteiger partial charge in [0, 0.05) is 17.3 Å². The van der Waals surface area contributed by atoms with Crippen LogP contribution in [-0.4, -0.2) is 45.0 Å². The van der Waals surface area contributed by atoms with Gasteiger partial charge in [-0.1, -0.05) is 6.07 Å². The maximum Gasteiger partial charge on any atom is 0.238 e. The van der Waals surface area contributed by atoms with E-state index in [4.69, 9.17) is 4.74 Å². The Labute approximate surface area is 124 Å². The van der Waals surface area contributed by atoms with E-state index in [1.54, 1.807) is 31.4 Å². The third-order valence-corrected chi connectivity index (χ3v) is 5.44. The molecule has 1 unspecified atom stereocenters. The zero-order valence-electron chi connectivity index (χ0n) is 12.2. The fourth-order valence-electron chi connectivity index (χ4n) is 2.35. The van der Waals surface area contributed by atoms with Gasteiger partial charge in [0.1, 0.15) is 5.75 Å². The van der Waals surface area contributed by atoms with E-state index in [0.29, 0.717) is 17.9 Å². The van der Waals surface area contributed by atoms with Crippen LogP contribution < -0.4 is 15.4 Å². The summed E-state index contributed by atoms with van der Waals surface area (Å²) >= 11 is 0. The van der Waals surface area contributed by atoms with E-state index in [-0.39, 0.29) is 24.0 Å². The third-order valence-electron chi connectivity index (χ3n) is 3.53. The number of carbonyl (C=O) groups is 1. The largest absolute Gasteiger partial charge is 0.497 e. The first-order valence-corrected chi connectivity index (χ1v) is 8.53. The van der Waals surface area contributed by atoms with Gasteiger partial charge in [-0.3, -0.25) is 4.79 Å². The lowest BCUT2D eigenvalue weighted by Crippen LogP contribution is -2.46. The van der Waals surface area contributed by atoms with Crippen LogP contribution in [0.1, 0.15) is 13.3 Å². The fourth-order valence-corrected chi connectivity index (χ4v) is 4.47. The number of anilines is 1. The molecule has 0 radical (unpaired) electrons. The van der Waals surface area contributed by atoms with Crippen LogP contribution in [0.2, 0.25) is 0 Å². The lowest BCUT2D eigenvalue weighted by Gasteiger charge is -2.23. The average molecular weight is 312 g/mol. The molecule has 0 bridgehead atoms. The van der Waals surface area contributed by atoms with E-state index >= 15 is 0 Å². The van der Waals surface area contributed by atoms with Gasteiger partial charge in [0.2, 0.25) is 5.91 Å². The van der Waals surface area contributed by atoms with Crippen molar-refractivity contribution < 1.29 is 17.9 Å². The summed E-state index contributed by atoms with van der Waals surface area (Å²) in [6, 6.07) is 7.06. The minimum absolute atomic E-state index is 0.0726. The molecule has 1 aliphatic rings. The second kappa shape index (κ2) is 6.03. The molecule has 1 aromatic rings. The second-order valence-corrected chi connectivity index (χ2v) is 7.72. The van der Waals surface area contributed by atoms with Gasteiger partial charge in [-0.05, 0) is 25.5 Å². The van der Waals surface area contributed by atoms with Crippen LogP contribution in [0, 0.1) is 0 Å². The molecule has 0 aliphatic carbocycles. The van der Waals surface area contributed by atoms with Gasteiger partial charge < -0.3 is 15.4 Å². The van der Waals surface area contributed by atoms with E-state index in [0.717, 1.165) is 0 Å². The summed E-state index contributed by atoms with van der Waals surface area (Å²) in [7, 11) is -1.42. The van der Waals surface area contributed by atoms with Crippen molar-refractivity contribution in [2.45, 2.75) is 18.9 Å². The van der Waals surface area contributed by atoms with E-state index in [2.05, 4.69) is 10.6 Å². The van der Waals surface area contributed by atoms with Crippen molar-refractivity contribution in [1.29, 1.82) is 0 Å². The lowest BCUT2D eigenvalue weighted by molar-refractivity contribution is -0.115. The summed E-state index contributed by atoms with van der Waals surface area (Å²) in [6.45, 7) is 1.90. The molecule has 1 atom stereocenters. The highest BCUT2D eigenvalue weighted by molar-refractivity contribution is 7.91. The molecule has 1 amide bonds. The van der Waals surface area contributed by atoms with Crippen LogP contribution in [0.25, 0.3) is 0 Å². The third kappa shape index (κ3) is 4.44. The topological polar surface area (TPSA) is 84.5 Å². The van der Waals surface area contributed by atoms with Crippen molar-refractivity contribution in [1.82, 2.24) is 5.32 Å². The van der Waals surface area contributed by atoms with Crippen LogP contribution in [0.3, 0.4) is 0 Å². The monoisotopic (exact) mass is 312 g/mol. The Balaban J connectivity index is 1.88. The van der Waals surface area contributed by atoms with Gasteiger partial charge in [-0.2, -0.15) is 0 Å². The summed E-state index contributed by atoms with van der Waals surface area (Å²) in [4.78, 5) is 11.9. The number of rotatable bonds is 5. The van der Waals surface area contributed by atoms with Crippen molar-refractivity contribution >= 4 is 21.4 Å². The highest BCUT2D eigenvalue weighted by Crippen LogP contribution is 2.22. The molecule has 7 heteroatoms. The number of hydrogen-bond acceptors (Lipinski definition) is 5. The Morgan fingerprint density at radius 2 is 2.19 bits per heavy atom. The molecule has 0 saturated carbocycles. The van der Waals surface area contributed by atoms with Gasteiger partial charge in [-0.25, -0.2) is 8.42 Å². The molecular weight excluding hydrogens is 292 g/mol. The van der Waals surface area contributed by atoms with Crippen LogP contribution in [-0.2, 0) is 14.6 Å². The Morgan fingerprint density at radius 3 is 2.81 bits per heavy atom. The highest BCUT2D eigenvalue weighted by atomic mass is 32.2. The molecule has 21 heavy (non-hydrogen) atoms. The van der Waals surface area contributed by atoms with Crippen molar-refractivity contribution in [2.24, 2.45) is 0 Å². The van der Waals surface area contributed by atoms with Crippen LogP contribution in [0.4, 0.5) is 5.69 Å². The van der Waals surface area contributed by atoms with Gasteiger partial charge >= 0.3 is 0 Å². The predicted molar refractivity (Wildman–Crippen MR) is 81.3 cm³/mol. The predicted octanol–water partition coefficient (Wildman–Crippen LogP) is 0.801. The molecule has 2 rings (SSSR count). The molecule has 6 nitrogen and oxygen atoms in total. The Kier molecular flexibility index (Phi) is 4.53. The normalized spacial score (nSPS) is 23.7. The zero-order chi connectivity index (χ0) is 15.5. The first kappa shape index (κ1) is 15.8. The maximum atomic E-state index is 11.9. The molecule has 1 fully saturated rings. The number of hydrogen-bond donors (Lipinski definition) is 2. The van der Waals surface area contributed by atoms with Gasteiger partial charge in [0.25, 0.3) is 0 Å². The SMILES string of the molecule is COc1cccc(NC(=O)CNC2(C)CCS(=O)(=O)C2)c1. The summed E-state index contributed by atoms with van der Waals surface area (Å²) in [5, 5.41) is 5.79. The number of methoxy groups -OCH3 is 1. The Morgan fingerprint density at radius 1 is 1.43 bits per heavy atom. The van der Waals surface area contributed by atoms with E-state index in [1.165, 1.54) is 0 Å². The molecule has 1 aromatic carbocycles. The van der Waals surface area contributed by atoms with Gasteiger partial charge in [0.05, 0.1) is 25.2 Å². The summed E-state index contributed by atoms with van der Waals surface area (Å²) in [5.41, 5.74) is 0.121. The highest BCUT2D eigenvalue weighted by Gasteiger charge is 2.38. The number of amides is 1. The zero-order valence-corrected chi connectivity index (χ0v) is 13.0. The van der Waals surface area contributed by atoms with E-state index in [1.807, 2.05) is 6.92 Å². The lowest BCUT2D eigenvalue weighted by atomic mass is 10.0. The molecule has 0 aromatic heterocycles. The van der Waals surface area contributed by atoms with Crippen molar-refractivity contribution in [3.05, 3.63) is 24.3 Å². The Bertz CT molecular complexity index is 630. The molecule has 2 N–H and O–H groups in total. The Hall–Kier alpha value is -1.60. The van der Waals surface area contributed by atoms with Crippen LogP contribution in [0.5, 0.6) is 5.75 Å². The summed E-state index contributed by atoms with van der Waals surface area (Å²) in [5.74, 6) is 0.698. The second-order valence-electron chi connectivity index (χ2n) is 5.54. The van der Waals surface area contributed by atoms with Crippen molar-refractivity contribution in [2.75, 3.05) is 30.5 Å². The number of benzene rings is 1. The molecule has 1 saturated heterocycles. The standard InChI is InChI=1S/C14H20N2O4S/c1-14(6-7-21(18,19)10-14)15-9-13(17)16-11-4-3-5-12(8-11)20-2/h3-5,8,15H,6-7,9-10H2,1-2H3,(H,16,17). The molecular formula is C14H20N2O4S. The quantitative estimate of drug-likeness (QED) is 0.840. The molecule has 1 heterocycles. The fraction of sp³-hybridized carbons (Fsp3) is 0.500. The minimum atomic E-state index is -2.98. The van der Waals surface area contributed by atoms with Gasteiger partial charge in [-0.15, -0.1) is 0 Å².